The normalized spacial score (nSPS) is 30.2. The van der Waals surface area contributed by atoms with Crippen LogP contribution in [-0.2, 0) is 9.47 Å². The summed E-state index contributed by atoms with van der Waals surface area (Å²) in [4.78, 5) is 0. The Labute approximate surface area is 119 Å². The second-order valence-electron chi connectivity index (χ2n) is 5.60. The van der Waals surface area contributed by atoms with Crippen LogP contribution in [0.5, 0.6) is 5.75 Å². The molecule has 2 aliphatic rings. The van der Waals surface area contributed by atoms with E-state index in [4.69, 9.17) is 14.2 Å². The smallest absolute Gasteiger partial charge is 0.124 e. The highest BCUT2D eigenvalue weighted by Gasteiger charge is 2.36. The van der Waals surface area contributed by atoms with Gasteiger partial charge in [0.05, 0.1) is 32.0 Å². The largest absolute Gasteiger partial charge is 0.496 e. The van der Waals surface area contributed by atoms with Gasteiger partial charge in [0.2, 0.25) is 0 Å². The van der Waals surface area contributed by atoms with Gasteiger partial charge in [-0.05, 0) is 31.7 Å². The summed E-state index contributed by atoms with van der Waals surface area (Å²) in [6.45, 7) is -0.0347. The average molecular weight is 278 g/mol. The van der Waals surface area contributed by atoms with Crippen molar-refractivity contribution in [2.45, 2.75) is 50.1 Å². The first-order valence-electron chi connectivity index (χ1n) is 7.35. The molecule has 4 nitrogen and oxygen atoms in total. The number of benzene rings is 1. The maximum Gasteiger partial charge on any atom is 0.124 e. The van der Waals surface area contributed by atoms with E-state index >= 15 is 0 Å². The zero-order valence-corrected chi connectivity index (χ0v) is 11.8. The molecule has 2 bridgehead atoms. The fraction of sp³-hybridized carbons (Fsp3) is 0.625. The van der Waals surface area contributed by atoms with E-state index in [9.17, 15) is 5.11 Å². The van der Waals surface area contributed by atoms with Crippen molar-refractivity contribution in [1.82, 2.24) is 0 Å². The molecule has 1 aromatic carbocycles. The number of rotatable bonds is 5. The number of fused-ring (bicyclic) bond motifs is 2. The van der Waals surface area contributed by atoms with Crippen LogP contribution in [0.15, 0.2) is 24.3 Å². The zero-order valence-electron chi connectivity index (χ0n) is 11.8. The van der Waals surface area contributed by atoms with Gasteiger partial charge in [0.25, 0.3) is 0 Å². The molecule has 20 heavy (non-hydrogen) atoms. The van der Waals surface area contributed by atoms with Crippen molar-refractivity contribution in [3.63, 3.8) is 0 Å². The van der Waals surface area contributed by atoms with Crippen molar-refractivity contribution >= 4 is 0 Å². The number of aliphatic hydroxyl groups is 1. The molecule has 1 aromatic rings. The molecular formula is C16H22O4. The molecule has 0 spiro atoms. The van der Waals surface area contributed by atoms with Gasteiger partial charge >= 0.3 is 0 Å². The van der Waals surface area contributed by atoms with E-state index in [2.05, 4.69) is 0 Å². The van der Waals surface area contributed by atoms with Crippen LogP contribution in [0.3, 0.4) is 0 Å². The van der Waals surface area contributed by atoms with Crippen LogP contribution in [0.4, 0.5) is 0 Å². The highest BCUT2D eigenvalue weighted by Crippen LogP contribution is 2.37. The Kier molecular flexibility index (Phi) is 4.24. The molecule has 110 valence electrons. The Morgan fingerprint density at radius 3 is 2.60 bits per heavy atom. The van der Waals surface area contributed by atoms with Gasteiger partial charge in [-0.3, -0.25) is 0 Å². The second-order valence-corrected chi connectivity index (χ2v) is 5.60. The van der Waals surface area contributed by atoms with E-state index in [1.807, 2.05) is 24.3 Å². The lowest BCUT2D eigenvalue weighted by Crippen LogP contribution is -2.32. The van der Waals surface area contributed by atoms with E-state index < -0.39 is 0 Å². The zero-order chi connectivity index (χ0) is 13.9. The van der Waals surface area contributed by atoms with Gasteiger partial charge in [0.1, 0.15) is 11.9 Å². The van der Waals surface area contributed by atoms with E-state index in [-0.39, 0.29) is 18.8 Å². The molecule has 0 aromatic heterocycles. The summed E-state index contributed by atoms with van der Waals surface area (Å²) >= 11 is 0. The van der Waals surface area contributed by atoms with Crippen molar-refractivity contribution < 1.29 is 19.3 Å². The molecule has 0 saturated carbocycles. The summed E-state index contributed by atoms with van der Waals surface area (Å²) < 4.78 is 17.3. The quantitative estimate of drug-likeness (QED) is 0.899. The highest BCUT2D eigenvalue weighted by atomic mass is 16.5. The number of hydrogen-bond donors (Lipinski definition) is 1. The van der Waals surface area contributed by atoms with Crippen LogP contribution in [0.2, 0.25) is 0 Å². The highest BCUT2D eigenvalue weighted by molar-refractivity contribution is 5.35. The van der Waals surface area contributed by atoms with Crippen LogP contribution >= 0.6 is 0 Å². The lowest BCUT2D eigenvalue weighted by molar-refractivity contribution is -0.115. The molecule has 2 fully saturated rings. The van der Waals surface area contributed by atoms with Crippen LogP contribution in [-0.4, -0.2) is 37.1 Å². The summed E-state index contributed by atoms with van der Waals surface area (Å²) in [5.74, 6) is 0.765. The number of ether oxygens (including phenoxy) is 3. The minimum atomic E-state index is -0.325. The monoisotopic (exact) mass is 278 g/mol. The molecule has 2 aliphatic heterocycles. The predicted molar refractivity (Wildman–Crippen MR) is 74.8 cm³/mol. The van der Waals surface area contributed by atoms with Crippen LogP contribution in [0, 0.1) is 0 Å². The van der Waals surface area contributed by atoms with Gasteiger partial charge < -0.3 is 19.3 Å². The standard InChI is InChI=1S/C16H22O4/c1-18-15-5-3-2-4-14(15)16(10-17)20-13-8-11-6-7-12(9-13)19-11/h2-5,11-13,16-17H,6-10H2,1H3/t11-,12-,16+/m1/s1. The molecule has 0 radical (unpaired) electrons. The fourth-order valence-electron chi connectivity index (χ4n) is 3.30. The van der Waals surface area contributed by atoms with Crippen molar-refractivity contribution in [2.24, 2.45) is 0 Å². The summed E-state index contributed by atoms with van der Waals surface area (Å²) in [6, 6.07) is 7.71. The molecule has 2 saturated heterocycles. The van der Waals surface area contributed by atoms with Gasteiger partial charge in [0.15, 0.2) is 0 Å². The van der Waals surface area contributed by atoms with E-state index in [0.717, 1.165) is 37.0 Å². The Morgan fingerprint density at radius 1 is 1.25 bits per heavy atom. The Morgan fingerprint density at radius 2 is 1.95 bits per heavy atom. The van der Waals surface area contributed by atoms with Crippen molar-refractivity contribution in [1.29, 1.82) is 0 Å². The molecule has 3 atom stereocenters. The third-order valence-corrected chi connectivity index (χ3v) is 4.26. The summed E-state index contributed by atoms with van der Waals surface area (Å²) in [7, 11) is 1.64. The van der Waals surface area contributed by atoms with Crippen LogP contribution < -0.4 is 4.74 Å². The van der Waals surface area contributed by atoms with E-state index in [1.165, 1.54) is 0 Å². The maximum absolute atomic E-state index is 9.67. The SMILES string of the molecule is COc1ccccc1[C@H](CO)OC1C[C@H]2CC[C@H](C1)O2. The van der Waals surface area contributed by atoms with Gasteiger partial charge in [-0.2, -0.15) is 0 Å². The van der Waals surface area contributed by atoms with Gasteiger partial charge in [-0.1, -0.05) is 18.2 Å². The average Bonchev–Trinajstić information content (AvgIpc) is 2.83. The fourth-order valence-corrected chi connectivity index (χ4v) is 3.30. The first kappa shape index (κ1) is 13.9. The van der Waals surface area contributed by atoms with Crippen LogP contribution in [0.25, 0.3) is 0 Å². The predicted octanol–water partition coefficient (Wildman–Crippen LogP) is 2.46. The summed E-state index contributed by atoms with van der Waals surface area (Å²) in [5.41, 5.74) is 0.913. The molecule has 2 heterocycles. The van der Waals surface area contributed by atoms with Crippen molar-refractivity contribution in [2.75, 3.05) is 13.7 Å². The minimum absolute atomic E-state index is 0.0347. The summed E-state index contributed by atoms with van der Waals surface area (Å²) in [5, 5.41) is 9.67. The van der Waals surface area contributed by atoms with Crippen LogP contribution in [0.1, 0.15) is 37.4 Å². The third kappa shape index (κ3) is 2.82. The first-order valence-corrected chi connectivity index (χ1v) is 7.35. The number of methoxy groups -OCH3 is 1. The minimum Gasteiger partial charge on any atom is -0.496 e. The number of para-hydroxylation sites is 1. The molecular weight excluding hydrogens is 256 g/mol. The van der Waals surface area contributed by atoms with Gasteiger partial charge in [0, 0.05) is 5.56 Å². The topological polar surface area (TPSA) is 47.9 Å². The molecule has 1 N–H and O–H groups in total. The Bertz CT molecular complexity index is 436. The van der Waals surface area contributed by atoms with Crippen molar-refractivity contribution in [3.8, 4) is 5.75 Å². The Balaban J connectivity index is 1.70. The van der Waals surface area contributed by atoms with Gasteiger partial charge in [-0.15, -0.1) is 0 Å². The third-order valence-electron chi connectivity index (χ3n) is 4.26. The Hall–Kier alpha value is -1.10. The molecule has 0 aliphatic carbocycles. The van der Waals surface area contributed by atoms with E-state index in [0.29, 0.717) is 12.2 Å². The first-order chi connectivity index (χ1) is 9.80. The lowest BCUT2D eigenvalue weighted by Gasteiger charge is -2.31. The summed E-state index contributed by atoms with van der Waals surface area (Å²) in [6.07, 6.45) is 4.68. The maximum atomic E-state index is 9.67. The molecule has 0 unspecified atom stereocenters. The number of hydrogen-bond acceptors (Lipinski definition) is 4. The lowest BCUT2D eigenvalue weighted by atomic mass is 10.0. The molecule has 4 heteroatoms. The van der Waals surface area contributed by atoms with E-state index in [1.54, 1.807) is 7.11 Å². The van der Waals surface area contributed by atoms with Gasteiger partial charge in [-0.25, -0.2) is 0 Å². The second kappa shape index (κ2) is 6.12. The number of aliphatic hydroxyl groups excluding tert-OH is 1. The molecule has 3 rings (SSSR count). The van der Waals surface area contributed by atoms with Crippen molar-refractivity contribution in [3.05, 3.63) is 29.8 Å². The molecule has 0 amide bonds.